The zero-order chi connectivity index (χ0) is 9.14. The minimum atomic E-state index is 0.578. The summed E-state index contributed by atoms with van der Waals surface area (Å²) in [4.78, 5) is 8.90. The van der Waals surface area contributed by atoms with E-state index in [1.807, 2.05) is 0 Å². The van der Waals surface area contributed by atoms with Gasteiger partial charge < -0.3 is 5.73 Å². The first kappa shape index (κ1) is 9.28. The molecule has 0 saturated heterocycles. The van der Waals surface area contributed by atoms with Crippen LogP contribution in [0.3, 0.4) is 0 Å². The maximum atomic E-state index is 5.68. The van der Waals surface area contributed by atoms with Gasteiger partial charge in [0.05, 0.1) is 23.5 Å². The van der Waals surface area contributed by atoms with Gasteiger partial charge >= 0.3 is 0 Å². The van der Waals surface area contributed by atoms with Crippen molar-refractivity contribution in [1.82, 2.24) is 4.98 Å². The fraction of sp³-hybridized carbons (Fsp3) is 0.286. The molecule has 0 unspecified atom stereocenters. The smallest absolute Gasteiger partial charge is 0.104 e. The number of nitrogen functional groups attached to an aromatic ring is 1. The maximum Gasteiger partial charge on any atom is 0.104 e. The minimum absolute atomic E-state index is 0.578. The highest BCUT2D eigenvalue weighted by Crippen LogP contribution is 2.29. The molecule has 12 heavy (non-hydrogen) atoms. The van der Waals surface area contributed by atoms with Crippen molar-refractivity contribution in [2.45, 2.75) is 0 Å². The summed E-state index contributed by atoms with van der Waals surface area (Å²) in [5, 5.41) is 1.57. The molecule has 0 bridgehead atoms. The molecule has 1 rings (SSSR count). The largest absolute Gasteiger partial charge is 0.396 e. The molecule has 0 spiro atoms. The number of nitrogens with two attached hydrogens (primary N) is 1. The Hall–Kier alpha value is -0.810. The van der Waals surface area contributed by atoms with Crippen molar-refractivity contribution in [1.29, 1.82) is 0 Å². The Balaban J connectivity index is 3.12. The summed E-state index contributed by atoms with van der Waals surface area (Å²) in [6.07, 6.45) is 3.25. The predicted octanol–water partition coefficient (Wildman–Crippen LogP) is 1.42. The SMILES string of the molecule is CON(C)c1c(N)cncc1Br. The minimum Gasteiger partial charge on any atom is -0.396 e. The summed E-state index contributed by atoms with van der Waals surface area (Å²) in [6.45, 7) is 0. The highest BCUT2D eigenvalue weighted by atomic mass is 79.9. The standard InChI is InChI=1S/C7H10BrN3O/c1-11(12-2)7-5(8)3-10-4-6(7)9/h3-4H,9H2,1-2H3. The summed E-state index contributed by atoms with van der Waals surface area (Å²) < 4.78 is 0.812. The lowest BCUT2D eigenvalue weighted by molar-refractivity contribution is 0.184. The van der Waals surface area contributed by atoms with Gasteiger partial charge in [-0.3, -0.25) is 14.9 Å². The number of pyridine rings is 1. The van der Waals surface area contributed by atoms with Crippen LogP contribution in [0, 0.1) is 0 Å². The summed E-state index contributed by atoms with van der Waals surface area (Å²) in [6, 6.07) is 0. The number of halogens is 1. The normalized spacial score (nSPS) is 9.92. The molecule has 2 N–H and O–H groups in total. The van der Waals surface area contributed by atoms with Crippen LogP contribution in [-0.4, -0.2) is 19.1 Å². The van der Waals surface area contributed by atoms with Gasteiger partial charge in [0, 0.05) is 13.2 Å². The van der Waals surface area contributed by atoms with Crippen molar-refractivity contribution >= 4 is 27.3 Å². The van der Waals surface area contributed by atoms with Crippen LogP contribution in [0.25, 0.3) is 0 Å². The van der Waals surface area contributed by atoms with Gasteiger partial charge in [0.15, 0.2) is 0 Å². The monoisotopic (exact) mass is 231 g/mol. The van der Waals surface area contributed by atoms with Crippen molar-refractivity contribution in [2.24, 2.45) is 0 Å². The Labute approximate surface area is 79.4 Å². The Morgan fingerprint density at radius 2 is 2.25 bits per heavy atom. The molecule has 0 aliphatic carbocycles. The second kappa shape index (κ2) is 3.73. The van der Waals surface area contributed by atoms with Crippen molar-refractivity contribution < 1.29 is 4.84 Å². The second-order valence-corrected chi connectivity index (χ2v) is 3.09. The van der Waals surface area contributed by atoms with Crippen LogP contribution in [0.2, 0.25) is 0 Å². The van der Waals surface area contributed by atoms with Crippen LogP contribution in [0.4, 0.5) is 11.4 Å². The summed E-state index contributed by atoms with van der Waals surface area (Å²) >= 11 is 3.32. The molecule has 0 aliphatic rings. The Kier molecular flexibility index (Phi) is 2.88. The number of rotatable bonds is 2. The quantitative estimate of drug-likeness (QED) is 0.783. The number of hydrogen-bond donors (Lipinski definition) is 1. The van der Waals surface area contributed by atoms with E-state index < -0.39 is 0 Å². The van der Waals surface area contributed by atoms with Crippen molar-refractivity contribution in [3.05, 3.63) is 16.9 Å². The molecule has 1 aromatic heterocycles. The third-order valence-corrected chi connectivity index (χ3v) is 2.07. The number of anilines is 2. The zero-order valence-electron chi connectivity index (χ0n) is 6.91. The molecule has 1 heterocycles. The van der Waals surface area contributed by atoms with E-state index in [0.717, 1.165) is 10.2 Å². The molecular formula is C7H10BrN3O. The van der Waals surface area contributed by atoms with Crippen LogP contribution in [0.5, 0.6) is 0 Å². The van der Waals surface area contributed by atoms with Crippen molar-refractivity contribution in [3.63, 3.8) is 0 Å². The first-order chi connectivity index (χ1) is 5.66. The van der Waals surface area contributed by atoms with Gasteiger partial charge in [-0.25, -0.2) is 0 Å². The van der Waals surface area contributed by atoms with E-state index in [1.54, 1.807) is 31.6 Å². The van der Waals surface area contributed by atoms with Gasteiger partial charge in [-0.2, -0.15) is 0 Å². The average molecular weight is 232 g/mol. The van der Waals surface area contributed by atoms with Gasteiger partial charge in [-0.1, -0.05) is 0 Å². The lowest BCUT2D eigenvalue weighted by atomic mass is 10.3. The maximum absolute atomic E-state index is 5.68. The van der Waals surface area contributed by atoms with Crippen LogP contribution in [0.15, 0.2) is 16.9 Å². The van der Waals surface area contributed by atoms with Crippen LogP contribution >= 0.6 is 15.9 Å². The number of hydrogen-bond acceptors (Lipinski definition) is 4. The molecule has 5 heteroatoms. The predicted molar refractivity (Wildman–Crippen MR) is 51.8 cm³/mol. The molecule has 4 nitrogen and oxygen atoms in total. The van der Waals surface area contributed by atoms with Crippen molar-refractivity contribution in [2.75, 3.05) is 25.0 Å². The molecule has 0 radical (unpaired) electrons. The summed E-state index contributed by atoms with van der Waals surface area (Å²) in [5.74, 6) is 0. The number of hydroxylamine groups is 1. The molecular weight excluding hydrogens is 222 g/mol. The molecule has 0 atom stereocenters. The van der Waals surface area contributed by atoms with E-state index in [0.29, 0.717) is 5.69 Å². The Bertz CT molecular complexity index is 259. The van der Waals surface area contributed by atoms with Crippen LogP contribution in [0.1, 0.15) is 0 Å². The first-order valence-corrected chi connectivity index (χ1v) is 4.13. The van der Waals surface area contributed by atoms with E-state index in [9.17, 15) is 0 Å². The third kappa shape index (κ3) is 1.67. The zero-order valence-corrected chi connectivity index (χ0v) is 8.50. The van der Waals surface area contributed by atoms with E-state index in [1.165, 1.54) is 0 Å². The third-order valence-electron chi connectivity index (χ3n) is 1.49. The van der Waals surface area contributed by atoms with Gasteiger partial charge in [0.2, 0.25) is 0 Å². The van der Waals surface area contributed by atoms with E-state index in [2.05, 4.69) is 20.9 Å². The fourth-order valence-corrected chi connectivity index (χ4v) is 1.46. The number of nitrogens with zero attached hydrogens (tertiary/aromatic N) is 2. The highest BCUT2D eigenvalue weighted by Gasteiger charge is 2.08. The fourth-order valence-electron chi connectivity index (χ4n) is 0.867. The molecule has 66 valence electrons. The molecule has 0 saturated carbocycles. The Morgan fingerprint density at radius 1 is 1.58 bits per heavy atom. The lowest BCUT2D eigenvalue weighted by Gasteiger charge is -2.18. The van der Waals surface area contributed by atoms with Crippen LogP contribution in [-0.2, 0) is 4.84 Å². The van der Waals surface area contributed by atoms with Crippen molar-refractivity contribution in [3.8, 4) is 0 Å². The first-order valence-electron chi connectivity index (χ1n) is 3.33. The summed E-state index contributed by atoms with van der Waals surface area (Å²) in [5.41, 5.74) is 7.05. The second-order valence-electron chi connectivity index (χ2n) is 2.24. The van der Waals surface area contributed by atoms with Crippen LogP contribution < -0.4 is 10.8 Å². The molecule has 0 fully saturated rings. The van der Waals surface area contributed by atoms with E-state index in [-0.39, 0.29) is 0 Å². The average Bonchev–Trinajstić information content (AvgIpc) is 2.03. The topological polar surface area (TPSA) is 51.4 Å². The molecule has 1 aromatic rings. The lowest BCUT2D eigenvalue weighted by Crippen LogP contribution is -2.17. The van der Waals surface area contributed by atoms with Gasteiger partial charge in [0.1, 0.15) is 5.69 Å². The molecule has 0 amide bonds. The van der Waals surface area contributed by atoms with Gasteiger partial charge in [0.25, 0.3) is 0 Å². The highest BCUT2D eigenvalue weighted by molar-refractivity contribution is 9.10. The Morgan fingerprint density at radius 3 is 2.75 bits per heavy atom. The van der Waals surface area contributed by atoms with E-state index in [4.69, 9.17) is 10.6 Å². The molecule has 0 aliphatic heterocycles. The van der Waals surface area contributed by atoms with E-state index >= 15 is 0 Å². The van der Waals surface area contributed by atoms with Gasteiger partial charge in [-0.15, -0.1) is 0 Å². The summed E-state index contributed by atoms with van der Waals surface area (Å²) in [7, 11) is 3.35. The molecule has 0 aromatic carbocycles. The number of aromatic nitrogens is 1. The van der Waals surface area contributed by atoms with Gasteiger partial charge in [-0.05, 0) is 15.9 Å².